The summed E-state index contributed by atoms with van der Waals surface area (Å²) in [5.41, 5.74) is 0.690. The van der Waals surface area contributed by atoms with Crippen LogP contribution in [0.5, 0.6) is 17.5 Å². The second-order valence-corrected chi connectivity index (χ2v) is 11.7. The molecule has 0 radical (unpaired) electrons. The summed E-state index contributed by atoms with van der Waals surface area (Å²) in [6.45, 7) is 6.95. The van der Waals surface area contributed by atoms with Crippen LogP contribution < -0.4 is 14.8 Å². The second kappa shape index (κ2) is 13.2. The molecular weight excluding hydrogens is 560 g/mol. The van der Waals surface area contributed by atoms with Crippen molar-refractivity contribution in [1.29, 1.82) is 0 Å². The fourth-order valence-electron chi connectivity index (χ4n) is 3.68. The number of amides is 1. The molecule has 0 aliphatic carbocycles. The number of carbonyl (C=O) groups excluding carboxylic acids is 2. The van der Waals surface area contributed by atoms with E-state index in [2.05, 4.69) is 15.3 Å². The van der Waals surface area contributed by atoms with Crippen LogP contribution in [0, 0.1) is 0 Å². The third kappa shape index (κ3) is 7.75. The van der Waals surface area contributed by atoms with Gasteiger partial charge in [0.1, 0.15) is 5.75 Å². The van der Waals surface area contributed by atoms with Gasteiger partial charge < -0.3 is 18.9 Å². The van der Waals surface area contributed by atoms with Crippen molar-refractivity contribution in [3.8, 4) is 17.5 Å². The first-order chi connectivity index (χ1) is 19.1. The Morgan fingerprint density at radius 1 is 1.10 bits per heavy atom. The lowest BCUT2D eigenvalue weighted by molar-refractivity contribution is -0.142. The van der Waals surface area contributed by atoms with Crippen LogP contribution in [-0.2, 0) is 30.7 Å². The molecule has 214 valence electrons. The molecule has 1 aliphatic heterocycles. The molecule has 0 atom stereocenters. The van der Waals surface area contributed by atoms with Gasteiger partial charge >= 0.3 is 5.97 Å². The molecule has 40 heavy (non-hydrogen) atoms. The van der Waals surface area contributed by atoms with Gasteiger partial charge in [-0.15, -0.1) is 11.3 Å². The highest BCUT2D eigenvalue weighted by atomic mass is 32.2. The number of rotatable bonds is 11. The van der Waals surface area contributed by atoms with Gasteiger partial charge in [0.15, 0.2) is 5.13 Å². The van der Waals surface area contributed by atoms with Crippen molar-refractivity contribution in [2.24, 2.45) is 0 Å². The summed E-state index contributed by atoms with van der Waals surface area (Å²) in [4.78, 5) is 33.5. The zero-order valence-corrected chi connectivity index (χ0v) is 23.9. The van der Waals surface area contributed by atoms with E-state index in [-0.39, 0.29) is 41.4 Å². The highest BCUT2D eigenvalue weighted by molar-refractivity contribution is 7.89. The van der Waals surface area contributed by atoms with Crippen LogP contribution in [0.15, 0.2) is 46.7 Å². The number of hydrogen-bond acceptors (Lipinski definition) is 11. The minimum absolute atomic E-state index is 0.00632. The topological polar surface area (TPSA) is 146 Å². The van der Waals surface area contributed by atoms with Gasteiger partial charge in [0.25, 0.3) is 5.91 Å². The monoisotopic (exact) mass is 590 g/mol. The van der Waals surface area contributed by atoms with Gasteiger partial charge in [-0.2, -0.15) is 9.29 Å². The molecule has 3 heterocycles. The van der Waals surface area contributed by atoms with E-state index >= 15 is 0 Å². The number of sulfonamides is 1. The molecule has 0 saturated carbocycles. The summed E-state index contributed by atoms with van der Waals surface area (Å²) in [6, 6.07) is 8.87. The number of benzene rings is 1. The van der Waals surface area contributed by atoms with E-state index in [0.717, 1.165) is 0 Å². The lowest BCUT2D eigenvalue weighted by Crippen LogP contribution is -2.40. The highest BCUT2D eigenvalue weighted by Gasteiger charge is 2.26. The van der Waals surface area contributed by atoms with E-state index in [1.54, 1.807) is 12.3 Å². The molecular formula is C26H30N4O8S2. The maximum absolute atomic E-state index is 13.0. The smallest absolute Gasteiger partial charge is 0.311 e. The molecule has 0 unspecified atom stereocenters. The SMILES string of the molecule is CCOC(=O)Cc1csc(NC(=O)c2cc(Oc3ccc(S(=O)(=O)N4CCOCC4)cc3)nc(OC(C)C)c2)n1. The molecule has 0 spiro atoms. The summed E-state index contributed by atoms with van der Waals surface area (Å²) in [5, 5.41) is 4.69. The predicted octanol–water partition coefficient (Wildman–Crippen LogP) is 3.50. The predicted molar refractivity (Wildman–Crippen MR) is 146 cm³/mol. The van der Waals surface area contributed by atoms with Crippen LogP contribution >= 0.6 is 11.3 Å². The average molecular weight is 591 g/mol. The van der Waals surface area contributed by atoms with E-state index in [4.69, 9.17) is 18.9 Å². The van der Waals surface area contributed by atoms with Crippen molar-refractivity contribution < 1.29 is 37.0 Å². The van der Waals surface area contributed by atoms with Gasteiger partial charge in [-0.05, 0) is 45.0 Å². The van der Waals surface area contributed by atoms with Crippen molar-refractivity contribution in [3.05, 3.63) is 53.0 Å². The fraction of sp³-hybridized carbons (Fsp3) is 0.385. The van der Waals surface area contributed by atoms with Crippen LogP contribution in [0.3, 0.4) is 0 Å². The van der Waals surface area contributed by atoms with Gasteiger partial charge in [-0.3, -0.25) is 14.9 Å². The lowest BCUT2D eigenvalue weighted by Gasteiger charge is -2.26. The molecule has 1 aromatic carbocycles. The van der Waals surface area contributed by atoms with E-state index < -0.39 is 21.9 Å². The maximum atomic E-state index is 13.0. The number of esters is 1. The Balaban J connectivity index is 1.49. The summed E-state index contributed by atoms with van der Waals surface area (Å²) >= 11 is 1.18. The van der Waals surface area contributed by atoms with Gasteiger partial charge in [0, 0.05) is 30.6 Å². The van der Waals surface area contributed by atoms with E-state index in [1.807, 2.05) is 13.8 Å². The minimum Gasteiger partial charge on any atom is -0.475 e. The number of aromatic nitrogens is 2. The first kappa shape index (κ1) is 29.4. The summed E-state index contributed by atoms with van der Waals surface area (Å²) in [5.74, 6) is -0.306. The van der Waals surface area contributed by atoms with Crippen molar-refractivity contribution in [2.45, 2.75) is 38.2 Å². The first-order valence-corrected chi connectivity index (χ1v) is 14.9. The van der Waals surface area contributed by atoms with Crippen molar-refractivity contribution in [3.63, 3.8) is 0 Å². The molecule has 0 bridgehead atoms. The number of pyridine rings is 1. The third-order valence-electron chi connectivity index (χ3n) is 5.45. The Kier molecular flexibility index (Phi) is 9.68. The fourth-order valence-corrected chi connectivity index (χ4v) is 5.79. The number of nitrogens with zero attached hydrogens (tertiary/aromatic N) is 3. The Morgan fingerprint density at radius 2 is 1.80 bits per heavy atom. The molecule has 12 nitrogen and oxygen atoms in total. The second-order valence-electron chi connectivity index (χ2n) is 8.87. The molecule has 1 amide bonds. The number of carbonyl (C=O) groups is 2. The van der Waals surface area contributed by atoms with Gasteiger partial charge in [-0.1, -0.05) is 0 Å². The van der Waals surface area contributed by atoms with Crippen LogP contribution in [0.1, 0.15) is 36.8 Å². The third-order valence-corrected chi connectivity index (χ3v) is 8.17. The summed E-state index contributed by atoms with van der Waals surface area (Å²) in [7, 11) is -3.65. The Hall–Kier alpha value is -3.59. The zero-order valence-electron chi connectivity index (χ0n) is 22.3. The number of nitrogens with one attached hydrogen (secondary N) is 1. The molecule has 14 heteroatoms. The van der Waals surface area contributed by atoms with Crippen molar-refractivity contribution in [2.75, 3.05) is 38.2 Å². The summed E-state index contributed by atoms with van der Waals surface area (Å²) < 4.78 is 48.9. The molecule has 3 aromatic rings. The van der Waals surface area contributed by atoms with Crippen LogP contribution in [0.25, 0.3) is 0 Å². The standard InChI is InChI=1S/C26H30N4O8S2/c1-4-36-24(31)15-19-16-39-26(27-19)29-25(32)18-13-22(37-17(2)3)28-23(14-18)38-20-5-7-21(8-6-20)40(33,34)30-9-11-35-12-10-30/h5-8,13-14,16-17H,4,9-12,15H2,1-3H3,(H,27,29,32). The van der Waals surface area contributed by atoms with Crippen LogP contribution in [-0.4, -0.2) is 73.6 Å². The van der Waals surface area contributed by atoms with E-state index in [1.165, 1.54) is 52.0 Å². The summed E-state index contributed by atoms with van der Waals surface area (Å²) in [6.07, 6.45) is -0.209. The number of morpholine rings is 1. The largest absolute Gasteiger partial charge is 0.475 e. The number of hydrogen-bond donors (Lipinski definition) is 1. The van der Waals surface area contributed by atoms with Gasteiger partial charge in [0.05, 0.1) is 48.5 Å². The Labute approximate surface area is 236 Å². The number of ether oxygens (including phenoxy) is 4. The molecule has 4 rings (SSSR count). The van der Waals surface area contributed by atoms with Crippen molar-refractivity contribution in [1.82, 2.24) is 14.3 Å². The number of anilines is 1. The number of thiazole rings is 1. The Morgan fingerprint density at radius 3 is 2.48 bits per heavy atom. The zero-order chi connectivity index (χ0) is 28.7. The molecule has 1 N–H and O–H groups in total. The van der Waals surface area contributed by atoms with Crippen LogP contribution in [0.2, 0.25) is 0 Å². The van der Waals surface area contributed by atoms with E-state index in [9.17, 15) is 18.0 Å². The van der Waals surface area contributed by atoms with E-state index in [0.29, 0.717) is 42.9 Å². The first-order valence-electron chi connectivity index (χ1n) is 12.6. The van der Waals surface area contributed by atoms with Crippen LogP contribution in [0.4, 0.5) is 5.13 Å². The quantitative estimate of drug-likeness (QED) is 0.329. The maximum Gasteiger partial charge on any atom is 0.311 e. The molecule has 1 aliphatic rings. The van der Waals surface area contributed by atoms with Crippen molar-refractivity contribution >= 4 is 38.4 Å². The normalized spacial score (nSPS) is 14.1. The molecule has 1 saturated heterocycles. The lowest BCUT2D eigenvalue weighted by atomic mass is 10.2. The minimum atomic E-state index is -3.65. The Bertz CT molecular complexity index is 1440. The molecule has 1 fully saturated rings. The molecule has 2 aromatic heterocycles. The average Bonchev–Trinajstić information content (AvgIpc) is 3.35. The van der Waals surface area contributed by atoms with Gasteiger partial charge in [-0.25, -0.2) is 13.4 Å². The highest BCUT2D eigenvalue weighted by Crippen LogP contribution is 2.27. The van der Waals surface area contributed by atoms with Gasteiger partial charge in [0.2, 0.25) is 21.8 Å².